The molecule has 0 saturated carbocycles. The van der Waals surface area contributed by atoms with E-state index in [1.165, 1.54) is 13.2 Å². The molecule has 0 radical (unpaired) electrons. The van der Waals surface area contributed by atoms with Gasteiger partial charge in [-0.15, -0.1) is 0 Å². The fourth-order valence-corrected chi connectivity index (χ4v) is 2.64. The van der Waals surface area contributed by atoms with Crippen LogP contribution in [-0.2, 0) is 9.47 Å². The highest BCUT2D eigenvalue weighted by molar-refractivity contribution is 5.90. The number of morpholine rings is 1. The molecule has 0 amide bonds. The average molecular weight is 342 g/mol. The van der Waals surface area contributed by atoms with Gasteiger partial charge in [-0.1, -0.05) is 12.1 Å². The van der Waals surface area contributed by atoms with Crippen LogP contribution in [0.4, 0.5) is 15.8 Å². The van der Waals surface area contributed by atoms with Crippen LogP contribution in [0.15, 0.2) is 47.5 Å². The molecular weight excluding hydrogens is 323 g/mol. The predicted molar refractivity (Wildman–Crippen MR) is 94.5 cm³/mol. The maximum Gasteiger partial charge on any atom is 0.337 e. The second-order valence-electron chi connectivity index (χ2n) is 5.61. The first-order valence-corrected chi connectivity index (χ1v) is 8.02. The lowest BCUT2D eigenvalue weighted by Crippen LogP contribution is -2.36. The van der Waals surface area contributed by atoms with Gasteiger partial charge in [-0.25, -0.2) is 9.18 Å². The van der Waals surface area contributed by atoms with Crippen LogP contribution in [0, 0.1) is 5.82 Å². The van der Waals surface area contributed by atoms with Crippen molar-refractivity contribution in [2.24, 2.45) is 4.99 Å². The third kappa shape index (κ3) is 4.22. The Morgan fingerprint density at radius 3 is 2.76 bits per heavy atom. The smallest absolute Gasteiger partial charge is 0.337 e. The Labute approximate surface area is 145 Å². The summed E-state index contributed by atoms with van der Waals surface area (Å²) in [5, 5.41) is 0. The topological polar surface area (TPSA) is 51.1 Å². The largest absolute Gasteiger partial charge is 0.465 e. The normalized spacial score (nSPS) is 14.7. The number of halogens is 1. The summed E-state index contributed by atoms with van der Waals surface area (Å²) >= 11 is 0. The third-order valence-corrected chi connectivity index (χ3v) is 3.95. The number of benzene rings is 2. The lowest BCUT2D eigenvalue weighted by atomic mass is 10.2. The summed E-state index contributed by atoms with van der Waals surface area (Å²) in [6.07, 6.45) is 1.57. The third-order valence-electron chi connectivity index (χ3n) is 3.95. The summed E-state index contributed by atoms with van der Waals surface area (Å²) in [5.74, 6) is -0.702. The minimum absolute atomic E-state index is 0.283. The molecule has 2 aromatic carbocycles. The second-order valence-corrected chi connectivity index (χ2v) is 5.61. The zero-order chi connectivity index (χ0) is 17.6. The van der Waals surface area contributed by atoms with Crippen molar-refractivity contribution in [3.8, 4) is 0 Å². The molecule has 0 N–H and O–H groups in total. The minimum Gasteiger partial charge on any atom is -0.465 e. The highest BCUT2D eigenvalue weighted by Gasteiger charge is 2.15. The number of methoxy groups -OCH3 is 1. The van der Waals surface area contributed by atoms with E-state index in [4.69, 9.17) is 4.74 Å². The Morgan fingerprint density at radius 1 is 1.24 bits per heavy atom. The van der Waals surface area contributed by atoms with Gasteiger partial charge in [0, 0.05) is 19.3 Å². The number of nitrogens with zero attached hydrogens (tertiary/aromatic N) is 2. The van der Waals surface area contributed by atoms with Gasteiger partial charge in [0.25, 0.3) is 0 Å². The number of carbonyl (C=O) groups excluding carboxylic acids is 1. The number of carbonyl (C=O) groups is 1. The molecule has 0 aliphatic carbocycles. The van der Waals surface area contributed by atoms with E-state index in [0.717, 1.165) is 0 Å². The molecule has 0 aromatic heterocycles. The fraction of sp³-hybridized carbons (Fsp3) is 0.263. The van der Waals surface area contributed by atoms with E-state index in [0.29, 0.717) is 48.8 Å². The number of hydrogen-bond acceptors (Lipinski definition) is 5. The maximum atomic E-state index is 14.4. The predicted octanol–water partition coefficient (Wildman–Crippen LogP) is 3.20. The molecule has 6 heteroatoms. The molecule has 25 heavy (non-hydrogen) atoms. The van der Waals surface area contributed by atoms with Crippen molar-refractivity contribution in [3.63, 3.8) is 0 Å². The lowest BCUT2D eigenvalue weighted by molar-refractivity contribution is 0.0601. The van der Waals surface area contributed by atoms with Crippen molar-refractivity contribution in [1.29, 1.82) is 0 Å². The zero-order valence-corrected chi connectivity index (χ0v) is 13.9. The van der Waals surface area contributed by atoms with Gasteiger partial charge in [0.05, 0.1) is 37.3 Å². The minimum atomic E-state index is -0.419. The summed E-state index contributed by atoms with van der Waals surface area (Å²) in [7, 11) is 1.33. The molecule has 1 fully saturated rings. The number of rotatable bonds is 4. The highest BCUT2D eigenvalue weighted by atomic mass is 19.1. The average Bonchev–Trinajstić information content (AvgIpc) is 2.66. The summed E-state index contributed by atoms with van der Waals surface area (Å²) < 4.78 is 24.3. The van der Waals surface area contributed by atoms with Gasteiger partial charge in [-0.2, -0.15) is 0 Å². The molecule has 0 spiro atoms. The van der Waals surface area contributed by atoms with Crippen molar-refractivity contribution >= 4 is 23.6 Å². The molecule has 0 bridgehead atoms. The first kappa shape index (κ1) is 17.1. The molecule has 5 nitrogen and oxygen atoms in total. The Balaban J connectivity index is 1.75. The monoisotopic (exact) mass is 342 g/mol. The second kappa shape index (κ2) is 7.90. The number of ether oxygens (including phenoxy) is 2. The lowest BCUT2D eigenvalue weighted by Gasteiger charge is -2.29. The van der Waals surface area contributed by atoms with E-state index in [1.807, 2.05) is 11.0 Å². The molecule has 3 rings (SSSR count). The molecule has 2 aromatic rings. The summed E-state index contributed by atoms with van der Waals surface area (Å²) in [6.45, 7) is 2.59. The van der Waals surface area contributed by atoms with Crippen LogP contribution in [0.1, 0.15) is 15.9 Å². The Morgan fingerprint density at radius 2 is 2.04 bits per heavy atom. The van der Waals surface area contributed by atoms with E-state index in [9.17, 15) is 9.18 Å². The molecule has 0 atom stereocenters. The number of hydrogen-bond donors (Lipinski definition) is 0. The SMILES string of the molecule is COC(=O)c1cccc(N=Cc2ccc(N3CCOCC3)c(F)c2)c1. The number of anilines is 1. The van der Waals surface area contributed by atoms with Crippen molar-refractivity contribution in [2.75, 3.05) is 38.3 Å². The van der Waals surface area contributed by atoms with E-state index < -0.39 is 5.97 Å². The zero-order valence-electron chi connectivity index (χ0n) is 13.9. The fourth-order valence-electron chi connectivity index (χ4n) is 2.64. The first-order chi connectivity index (χ1) is 12.2. The summed E-state index contributed by atoms with van der Waals surface area (Å²) in [5.41, 5.74) is 2.25. The van der Waals surface area contributed by atoms with Gasteiger partial charge in [0.2, 0.25) is 0 Å². The van der Waals surface area contributed by atoms with Gasteiger partial charge in [-0.05, 0) is 35.9 Å². The van der Waals surface area contributed by atoms with E-state index in [-0.39, 0.29) is 5.82 Å². The van der Waals surface area contributed by atoms with Crippen molar-refractivity contribution in [2.45, 2.75) is 0 Å². The van der Waals surface area contributed by atoms with Crippen LogP contribution >= 0.6 is 0 Å². The number of esters is 1. The molecule has 1 aliphatic rings. The van der Waals surface area contributed by atoms with Gasteiger partial charge < -0.3 is 14.4 Å². The summed E-state index contributed by atoms with van der Waals surface area (Å²) in [6, 6.07) is 11.8. The van der Waals surface area contributed by atoms with E-state index in [2.05, 4.69) is 9.73 Å². The van der Waals surface area contributed by atoms with Crippen LogP contribution in [0.25, 0.3) is 0 Å². The van der Waals surface area contributed by atoms with Crippen LogP contribution in [0.2, 0.25) is 0 Å². The molecule has 130 valence electrons. The van der Waals surface area contributed by atoms with Crippen molar-refractivity contribution < 1.29 is 18.7 Å². The molecule has 1 saturated heterocycles. The first-order valence-electron chi connectivity index (χ1n) is 8.02. The van der Waals surface area contributed by atoms with Gasteiger partial charge in [0.1, 0.15) is 5.82 Å². The summed E-state index contributed by atoms with van der Waals surface area (Å²) in [4.78, 5) is 17.8. The van der Waals surface area contributed by atoms with E-state index in [1.54, 1.807) is 36.5 Å². The Kier molecular flexibility index (Phi) is 5.40. The van der Waals surface area contributed by atoms with Crippen LogP contribution in [0.3, 0.4) is 0 Å². The molecule has 1 heterocycles. The maximum absolute atomic E-state index is 14.4. The van der Waals surface area contributed by atoms with E-state index >= 15 is 0 Å². The molecule has 0 unspecified atom stereocenters. The molecular formula is C19H19FN2O3. The van der Waals surface area contributed by atoms with Crippen LogP contribution < -0.4 is 4.90 Å². The van der Waals surface area contributed by atoms with Gasteiger partial charge in [0.15, 0.2) is 0 Å². The highest BCUT2D eigenvalue weighted by Crippen LogP contribution is 2.22. The number of aliphatic imine (C=N–C) groups is 1. The quantitative estimate of drug-likeness (QED) is 0.632. The molecule has 1 aliphatic heterocycles. The van der Waals surface area contributed by atoms with Crippen LogP contribution in [0.5, 0.6) is 0 Å². The standard InChI is InChI=1S/C19H19FN2O3/c1-24-19(23)15-3-2-4-16(12-15)21-13-14-5-6-18(17(20)11-14)22-7-9-25-10-8-22/h2-6,11-13H,7-10H2,1H3. The van der Waals surface area contributed by atoms with Gasteiger partial charge >= 0.3 is 5.97 Å². The van der Waals surface area contributed by atoms with Crippen molar-refractivity contribution in [1.82, 2.24) is 0 Å². The Bertz CT molecular complexity index is 786. The van der Waals surface area contributed by atoms with Crippen LogP contribution in [-0.4, -0.2) is 45.6 Å². The Hall–Kier alpha value is -2.73. The van der Waals surface area contributed by atoms with Crippen molar-refractivity contribution in [3.05, 3.63) is 59.4 Å². The van der Waals surface area contributed by atoms with Gasteiger partial charge in [-0.3, -0.25) is 4.99 Å².